The number of aromatic nitrogens is 4. The molecule has 1 N–H and O–H groups in total. The van der Waals surface area contributed by atoms with Crippen molar-refractivity contribution >= 4 is 5.82 Å². The molecule has 0 amide bonds. The summed E-state index contributed by atoms with van der Waals surface area (Å²) in [5.41, 5.74) is 0.937. The Morgan fingerprint density at radius 1 is 1.22 bits per heavy atom. The van der Waals surface area contributed by atoms with E-state index in [1.54, 1.807) is 0 Å². The molecule has 0 radical (unpaired) electrons. The molecule has 0 aromatic heterocycles. The van der Waals surface area contributed by atoms with Crippen molar-refractivity contribution in [1.29, 1.82) is 0 Å². The van der Waals surface area contributed by atoms with Gasteiger partial charge < -0.3 is 5.32 Å². The lowest BCUT2D eigenvalue weighted by molar-refractivity contribution is 0.556. The minimum Gasteiger partial charge on any atom is -0.365 e. The SMILES string of the molecule is CCCn1c2nc(C3CCCC3)nc-2c2n(c1=O)C[C@@H](CC)N2. The van der Waals surface area contributed by atoms with Crippen molar-refractivity contribution in [3.05, 3.63) is 16.3 Å². The maximum atomic E-state index is 12.9. The topological polar surface area (TPSA) is 64.7 Å². The highest BCUT2D eigenvalue weighted by molar-refractivity contribution is 5.69. The monoisotopic (exact) mass is 315 g/mol. The van der Waals surface area contributed by atoms with Crippen molar-refractivity contribution in [1.82, 2.24) is 19.1 Å². The van der Waals surface area contributed by atoms with Crippen molar-refractivity contribution in [2.24, 2.45) is 0 Å². The van der Waals surface area contributed by atoms with E-state index in [2.05, 4.69) is 19.2 Å². The van der Waals surface area contributed by atoms with Gasteiger partial charge in [-0.25, -0.2) is 14.8 Å². The van der Waals surface area contributed by atoms with Crippen LogP contribution in [0.5, 0.6) is 0 Å². The van der Waals surface area contributed by atoms with E-state index in [1.807, 2.05) is 9.13 Å². The van der Waals surface area contributed by atoms with Crippen molar-refractivity contribution in [3.63, 3.8) is 0 Å². The van der Waals surface area contributed by atoms with E-state index in [0.29, 0.717) is 18.5 Å². The molecule has 6 nitrogen and oxygen atoms in total. The van der Waals surface area contributed by atoms with E-state index in [-0.39, 0.29) is 5.69 Å². The average Bonchev–Trinajstić information content (AvgIpc) is 3.28. The van der Waals surface area contributed by atoms with Crippen LogP contribution in [0.2, 0.25) is 0 Å². The summed E-state index contributed by atoms with van der Waals surface area (Å²) >= 11 is 0. The van der Waals surface area contributed by atoms with E-state index in [1.165, 1.54) is 25.7 Å². The fourth-order valence-corrected chi connectivity index (χ4v) is 3.96. The Hall–Kier alpha value is -1.85. The van der Waals surface area contributed by atoms with E-state index in [4.69, 9.17) is 9.97 Å². The van der Waals surface area contributed by atoms with Crippen LogP contribution in [-0.2, 0) is 13.1 Å². The van der Waals surface area contributed by atoms with Crippen LogP contribution in [0.3, 0.4) is 0 Å². The number of hydrogen-bond donors (Lipinski definition) is 1. The van der Waals surface area contributed by atoms with E-state index >= 15 is 0 Å². The third-order valence-electron chi connectivity index (χ3n) is 5.27. The molecule has 0 aromatic rings. The Balaban J connectivity index is 1.89. The molecular weight excluding hydrogens is 290 g/mol. The van der Waals surface area contributed by atoms with Gasteiger partial charge in [0, 0.05) is 25.0 Å². The number of fused-ring (bicyclic) bond motifs is 3. The van der Waals surface area contributed by atoms with Crippen molar-refractivity contribution in [2.75, 3.05) is 5.32 Å². The third kappa shape index (κ3) is 2.26. The standard InChI is InChI=1S/C17H25N5O/c1-3-9-21-16-13(19-14(20-16)11-7-5-6-8-11)15-18-12(4-2)10-22(15)17(21)23/h11-12,18H,3-10H2,1-2H3/t12-/m1/s1. The summed E-state index contributed by atoms with van der Waals surface area (Å²) in [4.78, 5) is 22.5. The lowest BCUT2D eigenvalue weighted by Gasteiger charge is -2.13. The van der Waals surface area contributed by atoms with Crippen molar-refractivity contribution < 1.29 is 0 Å². The zero-order chi connectivity index (χ0) is 16.0. The summed E-state index contributed by atoms with van der Waals surface area (Å²) in [6.45, 7) is 5.68. The minimum atomic E-state index is 0.0515. The predicted molar refractivity (Wildman–Crippen MR) is 90.1 cm³/mol. The van der Waals surface area contributed by atoms with Crippen LogP contribution in [0, 0.1) is 0 Å². The lowest BCUT2D eigenvalue weighted by Crippen LogP contribution is -2.32. The maximum Gasteiger partial charge on any atom is 0.331 e. The van der Waals surface area contributed by atoms with Gasteiger partial charge in [-0.05, 0) is 25.7 Å². The largest absolute Gasteiger partial charge is 0.365 e. The van der Waals surface area contributed by atoms with Gasteiger partial charge in [0.05, 0.1) is 0 Å². The van der Waals surface area contributed by atoms with Gasteiger partial charge in [0.1, 0.15) is 17.3 Å². The molecule has 1 fully saturated rings. The molecular formula is C17H25N5O. The lowest BCUT2D eigenvalue weighted by atomic mass is 10.1. The predicted octanol–water partition coefficient (Wildman–Crippen LogP) is 2.82. The smallest absolute Gasteiger partial charge is 0.331 e. The second-order valence-electron chi connectivity index (χ2n) is 6.88. The first kappa shape index (κ1) is 14.7. The van der Waals surface area contributed by atoms with Gasteiger partial charge in [-0.1, -0.05) is 26.7 Å². The molecule has 0 saturated heterocycles. The second-order valence-corrected chi connectivity index (χ2v) is 6.88. The summed E-state index contributed by atoms with van der Waals surface area (Å²) in [7, 11) is 0. The zero-order valence-corrected chi connectivity index (χ0v) is 14.0. The minimum absolute atomic E-state index is 0.0515. The molecule has 1 aliphatic carbocycles. The van der Waals surface area contributed by atoms with Crippen LogP contribution >= 0.6 is 0 Å². The molecule has 4 aliphatic rings. The Kier molecular flexibility index (Phi) is 3.62. The van der Waals surface area contributed by atoms with Gasteiger partial charge >= 0.3 is 5.69 Å². The molecule has 0 aromatic carbocycles. The van der Waals surface area contributed by atoms with Crippen LogP contribution in [0.4, 0.5) is 5.82 Å². The number of hydrogen-bond acceptors (Lipinski definition) is 4. The maximum absolute atomic E-state index is 12.9. The Morgan fingerprint density at radius 2 is 2.00 bits per heavy atom. The first-order valence-corrected chi connectivity index (χ1v) is 9.00. The molecule has 23 heavy (non-hydrogen) atoms. The van der Waals surface area contributed by atoms with Crippen LogP contribution in [0.1, 0.15) is 64.1 Å². The Morgan fingerprint density at radius 3 is 2.70 bits per heavy atom. The fourth-order valence-electron chi connectivity index (χ4n) is 3.96. The summed E-state index contributed by atoms with van der Waals surface area (Å²) in [5, 5.41) is 3.49. The molecule has 3 heterocycles. The zero-order valence-electron chi connectivity index (χ0n) is 14.0. The Bertz CT molecular complexity index is 740. The fraction of sp³-hybridized carbons (Fsp3) is 0.706. The van der Waals surface area contributed by atoms with Gasteiger partial charge in [-0.15, -0.1) is 0 Å². The highest BCUT2D eigenvalue weighted by atomic mass is 16.1. The molecule has 1 atom stereocenters. The quantitative estimate of drug-likeness (QED) is 0.942. The van der Waals surface area contributed by atoms with E-state index < -0.39 is 0 Å². The molecule has 3 aliphatic heterocycles. The number of rotatable bonds is 4. The first-order chi connectivity index (χ1) is 11.2. The summed E-state index contributed by atoms with van der Waals surface area (Å²) in [6, 6.07) is 0.315. The van der Waals surface area contributed by atoms with Gasteiger partial charge in [-0.2, -0.15) is 0 Å². The van der Waals surface area contributed by atoms with Crippen LogP contribution in [0.15, 0.2) is 4.79 Å². The van der Waals surface area contributed by atoms with Crippen LogP contribution in [0.25, 0.3) is 11.5 Å². The first-order valence-electron chi connectivity index (χ1n) is 9.00. The normalized spacial score (nSPS) is 21.0. The summed E-state index contributed by atoms with van der Waals surface area (Å²) < 4.78 is 3.68. The van der Waals surface area contributed by atoms with Gasteiger partial charge in [-0.3, -0.25) is 9.13 Å². The molecule has 1 saturated carbocycles. The van der Waals surface area contributed by atoms with Crippen molar-refractivity contribution in [3.8, 4) is 11.5 Å². The number of imidazole rings is 1. The molecule has 0 unspecified atom stereocenters. The van der Waals surface area contributed by atoms with E-state index in [9.17, 15) is 4.79 Å². The van der Waals surface area contributed by atoms with Gasteiger partial charge in [0.25, 0.3) is 0 Å². The van der Waals surface area contributed by atoms with Gasteiger partial charge in [0.2, 0.25) is 0 Å². The molecule has 6 heteroatoms. The van der Waals surface area contributed by atoms with Crippen molar-refractivity contribution in [2.45, 2.75) is 77.4 Å². The number of anilines is 1. The van der Waals surface area contributed by atoms with Crippen LogP contribution in [-0.4, -0.2) is 25.1 Å². The molecule has 0 spiro atoms. The summed E-state index contributed by atoms with van der Waals surface area (Å²) in [6.07, 6.45) is 6.80. The average molecular weight is 315 g/mol. The second kappa shape index (κ2) is 5.65. The Labute approximate surface area is 136 Å². The molecule has 0 bridgehead atoms. The highest BCUT2D eigenvalue weighted by Gasteiger charge is 2.32. The highest BCUT2D eigenvalue weighted by Crippen LogP contribution is 2.37. The molecule has 124 valence electrons. The number of nitrogens with one attached hydrogen (secondary N) is 1. The van der Waals surface area contributed by atoms with Crippen LogP contribution < -0.4 is 11.0 Å². The van der Waals surface area contributed by atoms with E-state index in [0.717, 1.165) is 42.5 Å². The summed E-state index contributed by atoms with van der Waals surface area (Å²) in [5.74, 6) is 3.06. The van der Waals surface area contributed by atoms with Gasteiger partial charge in [0.15, 0.2) is 5.82 Å². The third-order valence-corrected chi connectivity index (χ3v) is 5.27. The molecule has 4 rings (SSSR count). The number of nitrogens with zero attached hydrogens (tertiary/aromatic N) is 4.